The Morgan fingerprint density at radius 3 is 3.06 bits per heavy atom. The van der Waals surface area contributed by atoms with Crippen molar-refractivity contribution in [3.63, 3.8) is 0 Å². The normalized spacial score (nSPS) is 16.7. The SMILES string of the molecule is Cl.O=[N+]([O-])c1ccc2c(c1)N1CCCN=C1S2. The zero-order chi connectivity index (χ0) is 11.1. The van der Waals surface area contributed by atoms with E-state index in [1.54, 1.807) is 30.0 Å². The number of fused-ring (bicyclic) bond motifs is 3. The van der Waals surface area contributed by atoms with Gasteiger partial charge in [0, 0.05) is 30.1 Å². The highest BCUT2D eigenvalue weighted by Crippen LogP contribution is 2.43. The van der Waals surface area contributed by atoms with Crippen molar-refractivity contribution in [3.05, 3.63) is 28.3 Å². The van der Waals surface area contributed by atoms with Crippen LogP contribution >= 0.6 is 24.2 Å². The maximum atomic E-state index is 10.7. The highest BCUT2D eigenvalue weighted by molar-refractivity contribution is 8.14. The number of nitrogens with zero attached hydrogens (tertiary/aromatic N) is 3. The highest BCUT2D eigenvalue weighted by atomic mass is 35.5. The Labute approximate surface area is 108 Å². The monoisotopic (exact) mass is 271 g/mol. The van der Waals surface area contributed by atoms with E-state index in [4.69, 9.17) is 0 Å². The largest absolute Gasteiger partial charge is 0.320 e. The van der Waals surface area contributed by atoms with E-state index in [1.807, 2.05) is 0 Å². The molecule has 0 saturated heterocycles. The molecule has 0 atom stereocenters. The summed E-state index contributed by atoms with van der Waals surface area (Å²) in [6.45, 7) is 1.76. The number of aliphatic imine (C=N–C) groups is 1. The van der Waals surface area contributed by atoms with Gasteiger partial charge < -0.3 is 4.90 Å². The van der Waals surface area contributed by atoms with Gasteiger partial charge in [0.2, 0.25) is 0 Å². The van der Waals surface area contributed by atoms with Crippen molar-refractivity contribution in [2.24, 2.45) is 4.99 Å². The molecular weight excluding hydrogens is 262 g/mol. The van der Waals surface area contributed by atoms with Crippen molar-refractivity contribution < 1.29 is 4.92 Å². The first-order chi connectivity index (χ1) is 7.75. The molecule has 0 amide bonds. The third kappa shape index (κ3) is 1.98. The lowest BCUT2D eigenvalue weighted by Gasteiger charge is -2.22. The Kier molecular flexibility index (Phi) is 3.26. The summed E-state index contributed by atoms with van der Waals surface area (Å²) in [5.74, 6) is 0. The van der Waals surface area contributed by atoms with Gasteiger partial charge in [0.05, 0.1) is 10.6 Å². The molecule has 17 heavy (non-hydrogen) atoms. The average Bonchev–Trinajstić information content (AvgIpc) is 2.66. The van der Waals surface area contributed by atoms with E-state index in [-0.39, 0.29) is 23.0 Å². The van der Waals surface area contributed by atoms with Crippen LogP contribution in [0.1, 0.15) is 6.42 Å². The van der Waals surface area contributed by atoms with Crippen molar-refractivity contribution in [2.75, 3.05) is 18.0 Å². The molecule has 1 aromatic rings. The van der Waals surface area contributed by atoms with Crippen LogP contribution in [0.5, 0.6) is 0 Å². The minimum Gasteiger partial charge on any atom is -0.320 e. The summed E-state index contributed by atoms with van der Waals surface area (Å²) in [7, 11) is 0. The number of hydrogen-bond donors (Lipinski definition) is 0. The zero-order valence-corrected chi connectivity index (χ0v) is 10.5. The molecule has 0 saturated carbocycles. The third-order valence-corrected chi connectivity index (χ3v) is 3.76. The number of nitro benzene ring substituents is 1. The molecule has 0 fully saturated rings. The molecule has 0 spiro atoms. The molecule has 2 aliphatic rings. The fourth-order valence-electron chi connectivity index (χ4n) is 1.91. The fraction of sp³-hybridized carbons (Fsp3) is 0.300. The summed E-state index contributed by atoms with van der Waals surface area (Å²) in [5, 5.41) is 11.7. The summed E-state index contributed by atoms with van der Waals surface area (Å²) >= 11 is 1.59. The Balaban J connectivity index is 0.00000108. The van der Waals surface area contributed by atoms with Gasteiger partial charge in [0.25, 0.3) is 5.69 Å². The van der Waals surface area contributed by atoms with Crippen molar-refractivity contribution in [2.45, 2.75) is 11.3 Å². The molecule has 0 N–H and O–H groups in total. The van der Waals surface area contributed by atoms with Crippen LogP contribution in [-0.4, -0.2) is 23.2 Å². The topological polar surface area (TPSA) is 58.7 Å². The van der Waals surface area contributed by atoms with Crippen molar-refractivity contribution in [1.82, 2.24) is 0 Å². The predicted molar refractivity (Wildman–Crippen MR) is 70.5 cm³/mol. The lowest BCUT2D eigenvalue weighted by atomic mass is 10.2. The number of anilines is 1. The molecule has 0 unspecified atom stereocenters. The van der Waals surface area contributed by atoms with E-state index in [0.29, 0.717) is 0 Å². The Morgan fingerprint density at radius 1 is 1.47 bits per heavy atom. The van der Waals surface area contributed by atoms with Crippen LogP contribution in [0.2, 0.25) is 0 Å². The number of thioether (sulfide) groups is 1. The second-order valence-corrected chi connectivity index (χ2v) is 4.69. The number of halogens is 1. The second kappa shape index (κ2) is 4.54. The molecule has 0 aromatic heterocycles. The van der Waals surface area contributed by atoms with Gasteiger partial charge in [0.1, 0.15) is 0 Å². The van der Waals surface area contributed by atoms with Gasteiger partial charge >= 0.3 is 0 Å². The van der Waals surface area contributed by atoms with Gasteiger partial charge in [0.15, 0.2) is 5.17 Å². The summed E-state index contributed by atoms with van der Waals surface area (Å²) < 4.78 is 0. The summed E-state index contributed by atoms with van der Waals surface area (Å²) in [5.41, 5.74) is 1.07. The average molecular weight is 272 g/mol. The first-order valence-electron chi connectivity index (χ1n) is 5.04. The number of non-ortho nitro benzene ring substituents is 1. The van der Waals surface area contributed by atoms with Crippen LogP contribution in [0, 0.1) is 10.1 Å². The maximum absolute atomic E-state index is 10.7. The fourth-order valence-corrected chi connectivity index (χ4v) is 2.97. The summed E-state index contributed by atoms with van der Waals surface area (Å²) in [6.07, 6.45) is 1.01. The molecule has 1 aromatic carbocycles. The molecule has 3 rings (SSSR count). The van der Waals surface area contributed by atoms with Crippen molar-refractivity contribution in [3.8, 4) is 0 Å². The first-order valence-corrected chi connectivity index (χ1v) is 5.85. The van der Waals surface area contributed by atoms with E-state index >= 15 is 0 Å². The van der Waals surface area contributed by atoms with Gasteiger partial charge in [-0.2, -0.15) is 0 Å². The summed E-state index contributed by atoms with van der Waals surface area (Å²) in [4.78, 5) is 17.9. The van der Waals surface area contributed by atoms with E-state index in [1.165, 1.54) is 0 Å². The van der Waals surface area contributed by atoms with Gasteiger partial charge in [-0.25, -0.2) is 0 Å². The summed E-state index contributed by atoms with van der Waals surface area (Å²) in [6, 6.07) is 4.99. The lowest BCUT2D eigenvalue weighted by Crippen LogP contribution is -2.30. The molecule has 2 aliphatic heterocycles. The van der Waals surface area contributed by atoms with E-state index in [2.05, 4.69) is 9.89 Å². The number of benzene rings is 1. The van der Waals surface area contributed by atoms with E-state index in [0.717, 1.165) is 35.3 Å². The minimum absolute atomic E-state index is 0. The van der Waals surface area contributed by atoms with Gasteiger partial charge in [-0.1, -0.05) is 0 Å². The molecule has 5 nitrogen and oxygen atoms in total. The standard InChI is InChI=1S/C10H9N3O2S.ClH/c14-13(15)7-2-3-9-8(6-7)12-5-1-4-11-10(12)16-9;/h2-3,6H,1,4-5H2;1H. The predicted octanol–water partition coefficient (Wildman–Crippen LogP) is 2.69. The Morgan fingerprint density at radius 2 is 2.29 bits per heavy atom. The molecule has 0 bridgehead atoms. The lowest BCUT2D eigenvalue weighted by molar-refractivity contribution is -0.384. The van der Waals surface area contributed by atoms with Crippen molar-refractivity contribution >= 4 is 40.7 Å². The van der Waals surface area contributed by atoms with Gasteiger partial charge in [-0.15, -0.1) is 12.4 Å². The maximum Gasteiger partial charge on any atom is 0.271 e. The zero-order valence-electron chi connectivity index (χ0n) is 8.83. The van der Waals surface area contributed by atoms with Crippen LogP contribution in [0.3, 0.4) is 0 Å². The minimum atomic E-state index is -0.357. The van der Waals surface area contributed by atoms with E-state index < -0.39 is 0 Å². The van der Waals surface area contributed by atoms with Crippen LogP contribution in [-0.2, 0) is 0 Å². The molecule has 7 heteroatoms. The highest BCUT2D eigenvalue weighted by Gasteiger charge is 2.29. The number of nitro groups is 1. The molecule has 2 heterocycles. The Hall–Kier alpha value is -1.27. The number of hydrogen-bond acceptors (Lipinski definition) is 5. The number of rotatable bonds is 1. The first kappa shape index (κ1) is 12.2. The van der Waals surface area contributed by atoms with Gasteiger partial charge in [-0.05, 0) is 24.2 Å². The van der Waals surface area contributed by atoms with Crippen LogP contribution in [0.15, 0.2) is 28.1 Å². The smallest absolute Gasteiger partial charge is 0.271 e. The van der Waals surface area contributed by atoms with Crippen LogP contribution in [0.25, 0.3) is 0 Å². The Bertz CT molecular complexity index is 506. The second-order valence-electron chi connectivity index (χ2n) is 3.68. The van der Waals surface area contributed by atoms with Crippen LogP contribution < -0.4 is 4.90 Å². The van der Waals surface area contributed by atoms with Gasteiger partial charge in [-0.3, -0.25) is 15.1 Å². The third-order valence-electron chi connectivity index (χ3n) is 2.66. The molecule has 0 aliphatic carbocycles. The molecule has 90 valence electrons. The quantitative estimate of drug-likeness (QED) is 0.582. The van der Waals surface area contributed by atoms with Crippen LogP contribution in [0.4, 0.5) is 11.4 Å². The molecule has 0 radical (unpaired) electrons. The number of amidine groups is 1. The molecular formula is C10H10ClN3O2S. The van der Waals surface area contributed by atoms with E-state index in [9.17, 15) is 10.1 Å². The van der Waals surface area contributed by atoms with Crippen molar-refractivity contribution in [1.29, 1.82) is 0 Å².